The minimum atomic E-state index is -4.82. The van der Waals surface area contributed by atoms with Crippen LogP contribution in [0.2, 0.25) is 5.02 Å². The van der Waals surface area contributed by atoms with E-state index in [2.05, 4.69) is 14.5 Å². The van der Waals surface area contributed by atoms with Crippen molar-refractivity contribution in [3.8, 4) is 5.75 Å². The predicted octanol–water partition coefficient (Wildman–Crippen LogP) is 0.310. The topological polar surface area (TPSA) is 202 Å². The fourth-order valence-corrected chi connectivity index (χ4v) is 4.20. The molecule has 0 amide bonds. The molecule has 0 saturated carbocycles. The molecule has 2 aromatic heterocycles. The molecule has 0 aliphatic carbocycles. The molecule has 3 aromatic rings. The third kappa shape index (κ3) is 5.27. The minimum Gasteiger partial charge on any atom is -0.492 e. The van der Waals surface area contributed by atoms with E-state index in [-0.39, 0.29) is 35.7 Å². The van der Waals surface area contributed by atoms with E-state index in [0.717, 1.165) is 0 Å². The Hall–Kier alpha value is -2.48. The number of rotatable bonds is 8. The molecule has 13 nitrogen and oxygen atoms in total. The third-order valence-electron chi connectivity index (χ3n) is 5.26. The van der Waals surface area contributed by atoms with Crippen molar-refractivity contribution >= 4 is 36.4 Å². The number of aliphatic hydroxyl groups is 2. The van der Waals surface area contributed by atoms with Crippen LogP contribution in [0, 0.1) is 0 Å². The number of nitrogens with zero attached hydrogens (tertiary/aromatic N) is 2. The largest absolute Gasteiger partial charge is 0.492 e. The Morgan fingerprint density at radius 3 is 2.62 bits per heavy atom. The summed E-state index contributed by atoms with van der Waals surface area (Å²) < 4.78 is 28.3. The summed E-state index contributed by atoms with van der Waals surface area (Å²) in [6.07, 6.45) is -3.89. The van der Waals surface area contributed by atoms with E-state index in [9.17, 15) is 19.6 Å². The number of nitrogen functional groups attached to an aromatic ring is 1. The maximum atomic E-state index is 12.6. The van der Waals surface area contributed by atoms with Crippen LogP contribution in [0.25, 0.3) is 11.0 Å². The second-order valence-corrected chi connectivity index (χ2v) is 9.27. The zero-order valence-electron chi connectivity index (χ0n) is 17.4. The standard InChI is InChI=1S/C19H22ClN4O9P/c20-9-1-3-10(4-2-9)31-6-5-24-7-11(13-14(24)18(27)23-19(21)22-13)17-16(26)15(25)12(33-17)8-32-34(28,29)30/h1-4,7,12,15-17,25-26H,5-6,8H2,(H2,28,29,30)(H3,21,22,23,27)/t12-,15-,16-,17+/m1/s1. The smallest absolute Gasteiger partial charge is 0.469 e. The molecule has 1 aliphatic heterocycles. The maximum Gasteiger partial charge on any atom is 0.469 e. The van der Waals surface area contributed by atoms with Crippen LogP contribution < -0.4 is 16.0 Å². The third-order valence-corrected chi connectivity index (χ3v) is 6.00. The lowest BCUT2D eigenvalue weighted by molar-refractivity contribution is -0.0220. The first-order chi connectivity index (χ1) is 16.0. The summed E-state index contributed by atoms with van der Waals surface area (Å²) in [4.78, 5) is 37.0. The number of halogens is 1. The Labute approximate surface area is 196 Å². The van der Waals surface area contributed by atoms with Gasteiger partial charge in [-0.15, -0.1) is 0 Å². The monoisotopic (exact) mass is 516 g/mol. The zero-order chi connectivity index (χ0) is 24.6. The maximum absolute atomic E-state index is 12.6. The van der Waals surface area contributed by atoms with E-state index >= 15 is 0 Å². The number of aliphatic hydroxyl groups excluding tert-OH is 2. The van der Waals surface area contributed by atoms with Gasteiger partial charge in [0.1, 0.15) is 47.8 Å². The van der Waals surface area contributed by atoms with Crippen LogP contribution >= 0.6 is 19.4 Å². The van der Waals surface area contributed by atoms with Crippen LogP contribution in [0.4, 0.5) is 5.95 Å². The van der Waals surface area contributed by atoms with Crippen LogP contribution in [-0.4, -0.2) is 66.1 Å². The molecule has 184 valence electrons. The van der Waals surface area contributed by atoms with Crippen molar-refractivity contribution < 1.29 is 38.6 Å². The molecule has 3 heterocycles. The summed E-state index contributed by atoms with van der Waals surface area (Å²) in [5, 5.41) is 21.4. The van der Waals surface area contributed by atoms with Gasteiger partial charge in [-0.25, -0.2) is 9.55 Å². The lowest BCUT2D eigenvalue weighted by Crippen LogP contribution is -2.33. The molecule has 1 fully saturated rings. The van der Waals surface area contributed by atoms with Gasteiger partial charge in [0.25, 0.3) is 5.56 Å². The number of nitrogens with one attached hydrogen (secondary N) is 1. The predicted molar refractivity (Wildman–Crippen MR) is 119 cm³/mol. The Morgan fingerprint density at radius 1 is 1.24 bits per heavy atom. The van der Waals surface area contributed by atoms with Crippen LogP contribution in [-0.2, 0) is 20.4 Å². The van der Waals surface area contributed by atoms with Gasteiger partial charge < -0.3 is 39.8 Å². The van der Waals surface area contributed by atoms with Crippen molar-refractivity contribution in [3.63, 3.8) is 0 Å². The number of phosphoric ester groups is 1. The summed E-state index contributed by atoms with van der Waals surface area (Å²) in [6, 6.07) is 6.74. The summed E-state index contributed by atoms with van der Waals surface area (Å²) in [5.41, 5.74) is 5.71. The average molecular weight is 517 g/mol. The second-order valence-electron chi connectivity index (χ2n) is 7.59. The highest BCUT2D eigenvalue weighted by atomic mass is 35.5. The first-order valence-electron chi connectivity index (χ1n) is 10.0. The normalized spacial score (nSPS) is 23.0. The number of ether oxygens (including phenoxy) is 2. The molecule has 7 N–H and O–H groups in total. The summed E-state index contributed by atoms with van der Waals surface area (Å²) in [5.74, 6) is 0.409. The highest BCUT2D eigenvalue weighted by Gasteiger charge is 2.45. The highest BCUT2D eigenvalue weighted by molar-refractivity contribution is 7.46. The summed E-state index contributed by atoms with van der Waals surface area (Å²) in [7, 11) is -4.82. The zero-order valence-corrected chi connectivity index (χ0v) is 19.1. The van der Waals surface area contributed by atoms with E-state index in [1.165, 1.54) is 6.20 Å². The summed E-state index contributed by atoms with van der Waals surface area (Å²) in [6.45, 7) is -0.281. The van der Waals surface area contributed by atoms with Crippen molar-refractivity contribution in [1.29, 1.82) is 0 Å². The van der Waals surface area contributed by atoms with Gasteiger partial charge in [0.2, 0.25) is 5.95 Å². The number of aromatic amines is 1. The number of benzene rings is 1. The molecule has 4 rings (SSSR count). The summed E-state index contributed by atoms with van der Waals surface area (Å²) >= 11 is 5.86. The molecule has 0 unspecified atom stereocenters. The number of hydrogen-bond donors (Lipinski definition) is 6. The van der Waals surface area contributed by atoms with Gasteiger partial charge in [-0.1, -0.05) is 11.6 Å². The van der Waals surface area contributed by atoms with Crippen molar-refractivity contribution in [2.75, 3.05) is 18.9 Å². The molecule has 0 radical (unpaired) electrons. The van der Waals surface area contributed by atoms with E-state index in [1.807, 2.05) is 0 Å². The minimum absolute atomic E-state index is 0.139. The molecule has 1 aromatic carbocycles. The number of hydrogen-bond acceptors (Lipinski definition) is 9. The lowest BCUT2D eigenvalue weighted by atomic mass is 10.0. The second kappa shape index (κ2) is 9.64. The number of phosphoric acid groups is 1. The molecular weight excluding hydrogens is 495 g/mol. The Balaban J connectivity index is 1.60. The van der Waals surface area contributed by atoms with E-state index in [1.54, 1.807) is 28.8 Å². The Kier molecular flexibility index (Phi) is 6.99. The molecule has 1 aliphatic rings. The quantitative estimate of drug-likeness (QED) is 0.225. The van der Waals surface area contributed by atoms with Crippen molar-refractivity contribution in [1.82, 2.24) is 14.5 Å². The fourth-order valence-electron chi connectivity index (χ4n) is 3.74. The van der Waals surface area contributed by atoms with E-state index < -0.39 is 44.4 Å². The van der Waals surface area contributed by atoms with Crippen LogP contribution in [0.5, 0.6) is 5.75 Å². The molecule has 0 spiro atoms. The van der Waals surface area contributed by atoms with Gasteiger partial charge in [-0.05, 0) is 24.3 Å². The van der Waals surface area contributed by atoms with Gasteiger partial charge in [-0.3, -0.25) is 14.3 Å². The van der Waals surface area contributed by atoms with Gasteiger partial charge >= 0.3 is 7.82 Å². The lowest BCUT2D eigenvalue weighted by Gasteiger charge is -2.14. The number of H-pyrrole nitrogens is 1. The van der Waals surface area contributed by atoms with Crippen molar-refractivity contribution in [3.05, 3.63) is 51.4 Å². The van der Waals surface area contributed by atoms with Crippen LogP contribution in [0.3, 0.4) is 0 Å². The van der Waals surface area contributed by atoms with Crippen molar-refractivity contribution in [2.45, 2.75) is 31.0 Å². The number of nitrogens with two attached hydrogens (primary N) is 1. The van der Waals surface area contributed by atoms with Gasteiger partial charge in [-0.2, -0.15) is 0 Å². The molecular formula is C19H22ClN4O9P. The Morgan fingerprint density at radius 2 is 1.94 bits per heavy atom. The molecule has 1 saturated heterocycles. The van der Waals surface area contributed by atoms with Crippen molar-refractivity contribution in [2.24, 2.45) is 0 Å². The van der Waals surface area contributed by atoms with E-state index in [4.69, 9.17) is 36.6 Å². The van der Waals surface area contributed by atoms with Crippen LogP contribution in [0.15, 0.2) is 35.3 Å². The number of anilines is 1. The first-order valence-corrected chi connectivity index (χ1v) is 11.9. The molecule has 4 atom stereocenters. The van der Waals surface area contributed by atoms with Gasteiger partial charge in [0.05, 0.1) is 13.2 Å². The van der Waals surface area contributed by atoms with Crippen LogP contribution in [0.1, 0.15) is 11.7 Å². The molecule has 0 bridgehead atoms. The van der Waals surface area contributed by atoms with E-state index in [0.29, 0.717) is 10.8 Å². The van der Waals surface area contributed by atoms with Gasteiger partial charge in [0, 0.05) is 16.8 Å². The SMILES string of the molecule is Nc1nc2c([C@@H]3O[C@H](COP(=O)(O)O)[C@@H](O)[C@H]3O)cn(CCOc3ccc(Cl)cc3)c2c(=O)[nH]1. The fraction of sp³-hybridized carbons (Fsp3) is 0.368. The number of fused-ring (bicyclic) bond motifs is 1. The first kappa shape index (κ1) is 24.6. The molecule has 15 heteroatoms. The number of aromatic nitrogens is 3. The average Bonchev–Trinajstić information content (AvgIpc) is 3.25. The Bertz CT molecular complexity index is 1280. The highest BCUT2D eigenvalue weighted by Crippen LogP contribution is 2.40. The van der Waals surface area contributed by atoms with Gasteiger partial charge in [0.15, 0.2) is 0 Å². The molecule has 34 heavy (non-hydrogen) atoms.